The number of rotatable bonds is 6. The molecule has 0 spiro atoms. The van der Waals surface area contributed by atoms with Gasteiger partial charge in [0.25, 0.3) is 0 Å². The largest absolute Gasteiger partial charge is 0.489 e. The number of nitrogens with zero attached hydrogens (tertiary/aromatic N) is 3. The number of ether oxygens (including phenoxy) is 2. The summed E-state index contributed by atoms with van der Waals surface area (Å²) >= 11 is 0. The number of hydrogen-bond acceptors (Lipinski definition) is 4. The van der Waals surface area contributed by atoms with Crippen molar-refractivity contribution in [2.45, 2.75) is 39.7 Å². The zero-order valence-electron chi connectivity index (χ0n) is 19.0. The molecule has 2 heterocycles. The number of piperidine rings is 1. The van der Waals surface area contributed by atoms with Gasteiger partial charge in [-0.1, -0.05) is 17.7 Å². The van der Waals surface area contributed by atoms with Crippen molar-refractivity contribution in [3.05, 3.63) is 29.8 Å². The Bertz CT molecular complexity index is 699. The Kier molecular flexibility index (Phi) is 10.9. The van der Waals surface area contributed by atoms with E-state index >= 15 is 0 Å². The molecule has 1 atom stereocenters. The number of likely N-dealkylation sites (tertiary alicyclic amines) is 1. The highest BCUT2D eigenvalue weighted by Gasteiger charge is 2.30. The van der Waals surface area contributed by atoms with Crippen LogP contribution >= 0.6 is 24.0 Å². The van der Waals surface area contributed by atoms with Gasteiger partial charge in [0.2, 0.25) is 5.91 Å². The smallest absolute Gasteiger partial charge is 0.225 e. The molecule has 2 aliphatic rings. The highest BCUT2D eigenvalue weighted by molar-refractivity contribution is 14.0. The van der Waals surface area contributed by atoms with Crippen molar-refractivity contribution < 1.29 is 14.3 Å². The summed E-state index contributed by atoms with van der Waals surface area (Å²) in [7, 11) is 0. The second-order valence-corrected chi connectivity index (χ2v) is 8.14. The van der Waals surface area contributed by atoms with Crippen LogP contribution in [0.2, 0.25) is 0 Å². The van der Waals surface area contributed by atoms with Crippen molar-refractivity contribution in [2.75, 3.05) is 52.5 Å². The third kappa shape index (κ3) is 7.82. The summed E-state index contributed by atoms with van der Waals surface area (Å²) in [6.07, 6.45) is 1.73. The van der Waals surface area contributed by atoms with Gasteiger partial charge in [-0.3, -0.25) is 4.79 Å². The highest BCUT2D eigenvalue weighted by Crippen LogP contribution is 2.20. The molecule has 7 nitrogen and oxygen atoms in total. The lowest BCUT2D eigenvalue weighted by Gasteiger charge is -2.36. The van der Waals surface area contributed by atoms with E-state index in [0.29, 0.717) is 25.7 Å². The fourth-order valence-corrected chi connectivity index (χ4v) is 3.91. The van der Waals surface area contributed by atoms with Gasteiger partial charge in [0.1, 0.15) is 11.9 Å². The Balaban J connectivity index is 0.00000341. The number of benzene rings is 1. The molecule has 2 saturated heterocycles. The summed E-state index contributed by atoms with van der Waals surface area (Å²) in [6.45, 7) is 12.1. The van der Waals surface area contributed by atoms with Crippen LogP contribution in [-0.4, -0.2) is 80.3 Å². The number of guanidine groups is 1. The summed E-state index contributed by atoms with van der Waals surface area (Å²) < 4.78 is 11.4. The van der Waals surface area contributed by atoms with Crippen LogP contribution < -0.4 is 10.1 Å². The van der Waals surface area contributed by atoms with Crippen molar-refractivity contribution in [3.8, 4) is 5.75 Å². The quantitative estimate of drug-likeness (QED) is 0.339. The van der Waals surface area contributed by atoms with Crippen LogP contribution in [0.25, 0.3) is 0 Å². The average Bonchev–Trinajstić information content (AvgIpc) is 2.78. The third-order valence-corrected chi connectivity index (χ3v) is 5.66. The molecule has 0 aromatic heterocycles. The SMILES string of the molecule is CCNC(=NCC(C)Oc1ccc(C)cc1)N1CCC(C(=O)N2CCOCC2)CC1.I. The number of hydrogen-bond donors (Lipinski definition) is 1. The van der Waals surface area contributed by atoms with Crippen LogP contribution in [0.5, 0.6) is 5.75 Å². The maximum Gasteiger partial charge on any atom is 0.225 e. The van der Waals surface area contributed by atoms with Crippen molar-refractivity contribution in [2.24, 2.45) is 10.9 Å². The Hall–Kier alpha value is -1.55. The van der Waals surface area contributed by atoms with Crippen LogP contribution in [0.4, 0.5) is 0 Å². The van der Waals surface area contributed by atoms with Gasteiger partial charge in [-0.05, 0) is 45.7 Å². The zero-order valence-corrected chi connectivity index (χ0v) is 21.3. The molecule has 8 heteroatoms. The van der Waals surface area contributed by atoms with Crippen molar-refractivity contribution in [1.29, 1.82) is 0 Å². The van der Waals surface area contributed by atoms with Crippen LogP contribution in [0.3, 0.4) is 0 Å². The summed E-state index contributed by atoms with van der Waals surface area (Å²) in [5.41, 5.74) is 1.22. The van der Waals surface area contributed by atoms with Gasteiger partial charge in [-0.25, -0.2) is 4.99 Å². The molecule has 1 amide bonds. The molecule has 0 bridgehead atoms. The molecule has 0 saturated carbocycles. The first kappa shape index (κ1) is 25.7. The Labute approximate surface area is 203 Å². The topological polar surface area (TPSA) is 66.4 Å². The summed E-state index contributed by atoms with van der Waals surface area (Å²) in [5.74, 6) is 2.19. The van der Waals surface area contributed by atoms with Gasteiger partial charge in [0.05, 0.1) is 19.8 Å². The molecule has 3 rings (SSSR count). The lowest BCUT2D eigenvalue weighted by Crippen LogP contribution is -2.50. The van der Waals surface area contributed by atoms with E-state index in [1.54, 1.807) is 0 Å². The second kappa shape index (κ2) is 13.1. The third-order valence-electron chi connectivity index (χ3n) is 5.66. The maximum atomic E-state index is 12.8. The number of amides is 1. The van der Waals surface area contributed by atoms with Crippen LogP contribution in [0.15, 0.2) is 29.3 Å². The molecular formula is C23H37IN4O3. The van der Waals surface area contributed by atoms with E-state index < -0.39 is 0 Å². The normalized spacial score (nSPS) is 18.9. The molecule has 1 unspecified atom stereocenters. The molecule has 2 aliphatic heterocycles. The first-order valence-corrected chi connectivity index (χ1v) is 11.2. The van der Waals surface area contributed by atoms with Gasteiger partial charge >= 0.3 is 0 Å². The number of aryl methyl sites for hydroxylation is 1. The van der Waals surface area contributed by atoms with Gasteiger partial charge in [0.15, 0.2) is 5.96 Å². The van der Waals surface area contributed by atoms with Crippen molar-refractivity contribution >= 4 is 35.8 Å². The molecule has 1 aromatic carbocycles. The van der Waals surface area contributed by atoms with Gasteiger partial charge in [-0.2, -0.15) is 0 Å². The number of carbonyl (C=O) groups is 1. The minimum Gasteiger partial charge on any atom is -0.489 e. The highest BCUT2D eigenvalue weighted by atomic mass is 127. The predicted molar refractivity (Wildman–Crippen MR) is 134 cm³/mol. The van der Waals surface area contributed by atoms with E-state index in [1.165, 1.54) is 5.56 Å². The molecule has 31 heavy (non-hydrogen) atoms. The van der Waals surface area contributed by atoms with Crippen LogP contribution in [0, 0.1) is 12.8 Å². The van der Waals surface area contributed by atoms with Crippen molar-refractivity contribution in [1.82, 2.24) is 15.1 Å². The van der Waals surface area contributed by atoms with E-state index in [2.05, 4.69) is 36.2 Å². The van der Waals surface area contributed by atoms with Gasteiger partial charge in [0, 0.05) is 38.6 Å². The number of morpholine rings is 1. The zero-order chi connectivity index (χ0) is 21.3. The van der Waals surface area contributed by atoms with Crippen molar-refractivity contribution in [3.63, 3.8) is 0 Å². The maximum absolute atomic E-state index is 12.8. The summed E-state index contributed by atoms with van der Waals surface area (Å²) in [6, 6.07) is 8.10. The molecule has 174 valence electrons. The second-order valence-electron chi connectivity index (χ2n) is 8.14. The number of aliphatic imine (C=N–C) groups is 1. The van der Waals surface area contributed by atoms with E-state index in [-0.39, 0.29) is 36.0 Å². The molecule has 0 aliphatic carbocycles. The van der Waals surface area contributed by atoms with E-state index in [4.69, 9.17) is 14.5 Å². The van der Waals surface area contributed by atoms with E-state index in [9.17, 15) is 4.79 Å². The molecular weight excluding hydrogens is 507 g/mol. The summed E-state index contributed by atoms with van der Waals surface area (Å²) in [5, 5.41) is 3.39. The van der Waals surface area contributed by atoms with E-state index in [0.717, 1.165) is 57.3 Å². The predicted octanol–water partition coefficient (Wildman–Crippen LogP) is 2.92. The average molecular weight is 544 g/mol. The molecule has 2 fully saturated rings. The number of halogens is 1. The van der Waals surface area contributed by atoms with E-state index in [1.807, 2.05) is 24.0 Å². The first-order chi connectivity index (χ1) is 14.6. The molecule has 1 N–H and O–H groups in total. The van der Waals surface area contributed by atoms with Crippen LogP contribution in [-0.2, 0) is 9.53 Å². The Morgan fingerprint density at radius 1 is 1.16 bits per heavy atom. The number of nitrogens with one attached hydrogen (secondary N) is 1. The summed E-state index contributed by atoms with van der Waals surface area (Å²) in [4.78, 5) is 21.8. The Morgan fingerprint density at radius 3 is 2.42 bits per heavy atom. The van der Waals surface area contributed by atoms with Gasteiger partial charge < -0.3 is 24.6 Å². The van der Waals surface area contributed by atoms with Gasteiger partial charge in [-0.15, -0.1) is 24.0 Å². The number of carbonyl (C=O) groups excluding carboxylic acids is 1. The fraction of sp³-hybridized carbons (Fsp3) is 0.652. The molecule has 1 aromatic rings. The minimum absolute atomic E-state index is 0. The standard InChI is InChI=1S/C23H36N4O3.HI/c1-4-24-23(25-17-19(3)30-21-7-5-18(2)6-8-21)27-11-9-20(10-12-27)22(28)26-13-15-29-16-14-26;/h5-8,19-20H,4,9-17H2,1-3H3,(H,24,25);1H. The Morgan fingerprint density at radius 2 is 1.81 bits per heavy atom. The minimum atomic E-state index is -0.0122. The van der Waals surface area contributed by atoms with Crippen LogP contribution in [0.1, 0.15) is 32.3 Å². The first-order valence-electron chi connectivity index (χ1n) is 11.2. The molecule has 0 radical (unpaired) electrons. The monoisotopic (exact) mass is 544 g/mol. The lowest BCUT2D eigenvalue weighted by atomic mass is 9.95. The fourth-order valence-electron chi connectivity index (χ4n) is 3.91. The lowest BCUT2D eigenvalue weighted by molar-refractivity contribution is -0.140.